The minimum absolute atomic E-state index is 0.640. The van der Waals surface area contributed by atoms with Gasteiger partial charge in [-0.15, -0.1) is 11.3 Å². The fourth-order valence-electron chi connectivity index (χ4n) is 11.8. The van der Waals surface area contributed by atoms with Gasteiger partial charge in [0.2, 0.25) is 0 Å². The van der Waals surface area contributed by atoms with Crippen LogP contribution in [0.3, 0.4) is 0 Å². The van der Waals surface area contributed by atoms with Crippen molar-refractivity contribution in [2.45, 2.75) is 5.41 Å². The van der Waals surface area contributed by atoms with Gasteiger partial charge in [0.1, 0.15) is 0 Å². The van der Waals surface area contributed by atoms with Crippen LogP contribution >= 0.6 is 11.3 Å². The van der Waals surface area contributed by atoms with Gasteiger partial charge in [0, 0.05) is 37.1 Å². The summed E-state index contributed by atoms with van der Waals surface area (Å²) >= 11 is 1.86. The van der Waals surface area contributed by atoms with Crippen molar-refractivity contribution in [1.82, 2.24) is 0 Å². The fraction of sp³-hybridized carbons (Fsp3) is 0.0137. The van der Waals surface area contributed by atoms with E-state index in [0.717, 1.165) is 28.2 Å². The molecule has 0 amide bonds. The maximum atomic E-state index is 2.49. The maximum absolute atomic E-state index is 2.49. The molecule has 12 aromatic carbocycles. The zero-order valence-electron chi connectivity index (χ0n) is 41.1. The lowest BCUT2D eigenvalue weighted by atomic mass is 9.67. The van der Waals surface area contributed by atoms with Crippen LogP contribution in [0.15, 0.2) is 297 Å². The molecule has 0 radical (unpaired) electrons. The number of rotatable bonds is 10. The number of benzene rings is 12. The largest absolute Gasteiger partial charge is 0.310 e. The molecule has 1 aliphatic rings. The first kappa shape index (κ1) is 44.4. The van der Waals surface area contributed by atoms with Gasteiger partial charge < -0.3 is 4.90 Å². The Morgan fingerprint density at radius 2 is 0.680 bits per heavy atom. The summed E-state index contributed by atoms with van der Waals surface area (Å²) in [5.74, 6) is 0. The number of nitrogens with zero attached hydrogens (tertiary/aromatic N) is 1. The molecule has 1 aromatic heterocycles. The second-order valence-corrected chi connectivity index (χ2v) is 20.6. The van der Waals surface area contributed by atoms with Crippen LogP contribution in [0.25, 0.3) is 86.9 Å². The molecule has 13 aromatic rings. The lowest BCUT2D eigenvalue weighted by molar-refractivity contribution is 0.768. The highest BCUT2D eigenvalue weighted by Crippen LogP contribution is 2.58. The number of hydrogen-bond donors (Lipinski definition) is 0. The summed E-state index contributed by atoms with van der Waals surface area (Å²) in [4.78, 5) is 2.48. The van der Waals surface area contributed by atoms with Gasteiger partial charge in [-0.25, -0.2) is 0 Å². The van der Waals surface area contributed by atoms with E-state index in [9.17, 15) is 0 Å². The molecule has 352 valence electrons. The average Bonchev–Trinajstić information content (AvgIpc) is 4.06. The van der Waals surface area contributed by atoms with E-state index in [1.165, 1.54) is 98.1 Å². The van der Waals surface area contributed by atoms with Gasteiger partial charge in [0.15, 0.2) is 0 Å². The SMILES string of the molecule is c1ccc(-c2ccc(-c3ccccc3N(c3ccc(-c4ccc5sc6ccccc6c5c4)cc3)c3ccc4c(c3)C(c3ccc(-c5ccccc5)cc3)(c3ccc(-c5ccccc5)cc3)c3ccccc3-4)cc2)cc1. The second kappa shape index (κ2) is 18.6. The van der Waals surface area contributed by atoms with Gasteiger partial charge in [-0.1, -0.05) is 249 Å². The molecule has 0 N–H and O–H groups in total. The van der Waals surface area contributed by atoms with Crippen molar-refractivity contribution in [3.63, 3.8) is 0 Å². The molecule has 0 bridgehead atoms. The van der Waals surface area contributed by atoms with E-state index < -0.39 is 5.41 Å². The summed E-state index contributed by atoms with van der Waals surface area (Å²) in [6.45, 7) is 0. The van der Waals surface area contributed by atoms with E-state index in [2.05, 4.69) is 302 Å². The number of thiophene rings is 1. The average molecular weight is 972 g/mol. The van der Waals surface area contributed by atoms with Gasteiger partial charge in [0.25, 0.3) is 0 Å². The first-order chi connectivity index (χ1) is 37.2. The van der Waals surface area contributed by atoms with Crippen molar-refractivity contribution in [2.75, 3.05) is 4.90 Å². The Kier molecular flexibility index (Phi) is 11.0. The Balaban J connectivity index is 0.966. The van der Waals surface area contributed by atoms with Crippen LogP contribution in [0.2, 0.25) is 0 Å². The van der Waals surface area contributed by atoms with Crippen LogP contribution in [-0.4, -0.2) is 0 Å². The molecule has 14 rings (SSSR count). The van der Waals surface area contributed by atoms with Crippen LogP contribution in [0, 0.1) is 0 Å². The van der Waals surface area contributed by atoms with Gasteiger partial charge in [0.05, 0.1) is 11.1 Å². The van der Waals surface area contributed by atoms with Crippen molar-refractivity contribution in [3.8, 4) is 66.8 Å². The van der Waals surface area contributed by atoms with Crippen molar-refractivity contribution in [2.24, 2.45) is 0 Å². The summed E-state index contributed by atoms with van der Waals surface area (Å²) in [6.07, 6.45) is 0. The van der Waals surface area contributed by atoms with E-state index in [-0.39, 0.29) is 0 Å². The lowest BCUT2D eigenvalue weighted by Gasteiger charge is -2.35. The third kappa shape index (κ3) is 7.69. The highest BCUT2D eigenvalue weighted by Gasteiger charge is 2.46. The van der Waals surface area contributed by atoms with Gasteiger partial charge in [-0.3, -0.25) is 0 Å². The minimum Gasteiger partial charge on any atom is -0.310 e. The molecule has 0 fully saturated rings. The molecule has 0 spiro atoms. The number of hydrogen-bond acceptors (Lipinski definition) is 2. The van der Waals surface area contributed by atoms with E-state index in [0.29, 0.717) is 0 Å². The van der Waals surface area contributed by atoms with E-state index in [4.69, 9.17) is 0 Å². The standard InChI is InChI=1S/C73H49NS/c1-4-16-50(17-5-1)53-28-30-57(31-29-53)63-22-11-14-26-70(63)74(61-43-36-56(37-44-61)58-38-47-72-67(48-58)66-24-12-15-27-71(66)75-72)62-45-46-65-64-23-10-13-25-68(64)73(69(65)49-62,59-39-32-54(33-40-59)51-18-6-2-7-19-51)60-41-34-55(35-42-60)52-20-8-3-9-21-52/h1-49H. The summed E-state index contributed by atoms with van der Waals surface area (Å²) in [5.41, 5.74) is 22.0. The zero-order chi connectivity index (χ0) is 49.7. The molecular formula is C73H49NS. The highest BCUT2D eigenvalue weighted by atomic mass is 32.1. The Labute approximate surface area is 442 Å². The molecule has 2 heteroatoms. The van der Waals surface area contributed by atoms with Crippen molar-refractivity contribution in [1.29, 1.82) is 0 Å². The monoisotopic (exact) mass is 971 g/mol. The Hall–Kier alpha value is -9.34. The first-order valence-corrected chi connectivity index (χ1v) is 26.6. The van der Waals surface area contributed by atoms with Gasteiger partial charge >= 0.3 is 0 Å². The van der Waals surface area contributed by atoms with Gasteiger partial charge in [-0.2, -0.15) is 0 Å². The lowest BCUT2D eigenvalue weighted by Crippen LogP contribution is -2.29. The quantitative estimate of drug-likeness (QED) is 0.132. The Morgan fingerprint density at radius 3 is 1.31 bits per heavy atom. The molecule has 0 saturated heterocycles. The molecule has 1 nitrogen and oxygen atoms in total. The molecule has 0 atom stereocenters. The summed E-state index contributed by atoms with van der Waals surface area (Å²) in [5, 5.41) is 2.61. The molecule has 0 saturated carbocycles. The second-order valence-electron chi connectivity index (χ2n) is 19.6. The third-order valence-corrected chi connectivity index (χ3v) is 16.6. The zero-order valence-corrected chi connectivity index (χ0v) is 42.0. The summed E-state index contributed by atoms with van der Waals surface area (Å²) in [7, 11) is 0. The number of anilines is 3. The number of fused-ring (bicyclic) bond motifs is 6. The maximum Gasteiger partial charge on any atom is 0.0714 e. The van der Waals surface area contributed by atoms with Crippen molar-refractivity contribution < 1.29 is 0 Å². The van der Waals surface area contributed by atoms with Crippen LogP contribution in [0.4, 0.5) is 17.1 Å². The summed E-state index contributed by atoms with van der Waals surface area (Å²) < 4.78 is 2.63. The molecular weight excluding hydrogens is 923 g/mol. The van der Waals surface area contributed by atoms with Crippen molar-refractivity contribution >= 4 is 48.6 Å². The summed E-state index contributed by atoms with van der Waals surface area (Å²) in [6, 6.07) is 110. The topological polar surface area (TPSA) is 3.24 Å². The predicted molar refractivity (Wildman–Crippen MR) is 318 cm³/mol. The first-order valence-electron chi connectivity index (χ1n) is 25.8. The molecule has 0 aliphatic heterocycles. The normalized spacial score (nSPS) is 12.4. The van der Waals surface area contributed by atoms with E-state index >= 15 is 0 Å². The van der Waals surface area contributed by atoms with E-state index in [1.54, 1.807) is 0 Å². The Bertz CT molecular complexity index is 4090. The van der Waals surface area contributed by atoms with Crippen molar-refractivity contribution in [3.05, 3.63) is 320 Å². The Morgan fingerprint density at radius 1 is 0.253 bits per heavy atom. The molecule has 0 unspecified atom stereocenters. The minimum atomic E-state index is -0.640. The predicted octanol–water partition coefficient (Wildman–Crippen LogP) is 20.2. The number of para-hydroxylation sites is 1. The van der Waals surface area contributed by atoms with E-state index in [1.807, 2.05) is 11.3 Å². The molecule has 1 aliphatic carbocycles. The molecule has 75 heavy (non-hydrogen) atoms. The van der Waals surface area contributed by atoms with Crippen LogP contribution in [-0.2, 0) is 5.41 Å². The van der Waals surface area contributed by atoms with Crippen LogP contribution < -0.4 is 4.90 Å². The fourth-order valence-corrected chi connectivity index (χ4v) is 12.9. The van der Waals surface area contributed by atoms with Crippen LogP contribution in [0.1, 0.15) is 22.3 Å². The smallest absolute Gasteiger partial charge is 0.0714 e. The van der Waals surface area contributed by atoms with Crippen LogP contribution in [0.5, 0.6) is 0 Å². The molecule has 1 heterocycles. The third-order valence-electron chi connectivity index (χ3n) is 15.4. The van der Waals surface area contributed by atoms with Gasteiger partial charge in [-0.05, 0) is 132 Å². The highest BCUT2D eigenvalue weighted by molar-refractivity contribution is 7.25.